The van der Waals surface area contributed by atoms with Gasteiger partial charge in [0.1, 0.15) is 0 Å². The van der Waals surface area contributed by atoms with Crippen LogP contribution < -0.4 is 0 Å². The zero-order valence-corrected chi connectivity index (χ0v) is 13.6. The number of hydrogen-bond acceptors (Lipinski definition) is 3. The van der Waals surface area contributed by atoms with Crippen molar-refractivity contribution in [3.05, 3.63) is 47.2 Å². The summed E-state index contributed by atoms with van der Waals surface area (Å²) in [6.45, 7) is 3.11. The maximum absolute atomic E-state index is 11.8. The molecule has 2 aliphatic rings. The molecule has 1 aliphatic carbocycles. The quantitative estimate of drug-likeness (QED) is 0.685. The maximum Gasteiger partial charge on any atom is 0.330 e. The number of nitrogens with one attached hydrogen (secondary N) is 1. The highest BCUT2D eigenvalue weighted by Gasteiger charge is 2.37. The molecule has 1 fully saturated rings. The van der Waals surface area contributed by atoms with E-state index >= 15 is 0 Å². The van der Waals surface area contributed by atoms with Crippen LogP contribution in [0.25, 0.3) is 10.9 Å². The highest BCUT2D eigenvalue weighted by atomic mass is 16.5. The van der Waals surface area contributed by atoms with Gasteiger partial charge in [-0.05, 0) is 49.6 Å². The van der Waals surface area contributed by atoms with E-state index < -0.39 is 0 Å². The van der Waals surface area contributed by atoms with Gasteiger partial charge in [0, 0.05) is 41.7 Å². The van der Waals surface area contributed by atoms with Gasteiger partial charge in [-0.2, -0.15) is 0 Å². The number of aromatic nitrogens is 1. The van der Waals surface area contributed by atoms with Crippen molar-refractivity contribution in [3.63, 3.8) is 0 Å². The Balaban J connectivity index is 1.72. The van der Waals surface area contributed by atoms with Gasteiger partial charge in [-0.1, -0.05) is 12.1 Å². The number of rotatable bonds is 2. The number of aromatic amines is 1. The Morgan fingerprint density at radius 1 is 1.43 bits per heavy atom. The summed E-state index contributed by atoms with van der Waals surface area (Å²) in [5, 5.41) is 1.39. The third-order valence-corrected chi connectivity index (χ3v) is 5.22. The Morgan fingerprint density at radius 3 is 3.13 bits per heavy atom. The van der Waals surface area contributed by atoms with Crippen LogP contribution in [0.15, 0.2) is 36.0 Å². The van der Waals surface area contributed by atoms with E-state index in [0.29, 0.717) is 18.6 Å². The van der Waals surface area contributed by atoms with Crippen molar-refractivity contribution < 1.29 is 9.53 Å². The van der Waals surface area contributed by atoms with Crippen LogP contribution in [0.4, 0.5) is 0 Å². The molecule has 1 aliphatic heterocycles. The average Bonchev–Trinajstić information content (AvgIpc) is 2.93. The normalized spacial score (nSPS) is 25.6. The van der Waals surface area contributed by atoms with E-state index in [1.54, 1.807) is 6.08 Å². The van der Waals surface area contributed by atoms with Gasteiger partial charge in [-0.25, -0.2) is 4.79 Å². The van der Waals surface area contributed by atoms with Gasteiger partial charge in [0.2, 0.25) is 0 Å². The second-order valence-electron chi connectivity index (χ2n) is 6.64. The summed E-state index contributed by atoms with van der Waals surface area (Å²) in [5.41, 5.74) is 5.22. The van der Waals surface area contributed by atoms with Crippen molar-refractivity contribution in [1.82, 2.24) is 9.88 Å². The molecule has 0 saturated carbocycles. The van der Waals surface area contributed by atoms with Crippen molar-refractivity contribution in [2.75, 3.05) is 20.2 Å². The van der Waals surface area contributed by atoms with Gasteiger partial charge in [-0.15, -0.1) is 0 Å². The molecule has 23 heavy (non-hydrogen) atoms. The Kier molecular flexibility index (Phi) is 3.49. The highest BCUT2D eigenvalue weighted by Crippen LogP contribution is 2.44. The van der Waals surface area contributed by atoms with Crippen LogP contribution in [0.5, 0.6) is 0 Å². The van der Waals surface area contributed by atoms with Crippen molar-refractivity contribution >= 4 is 16.9 Å². The topological polar surface area (TPSA) is 45.3 Å². The van der Waals surface area contributed by atoms with E-state index in [0.717, 1.165) is 19.4 Å². The van der Waals surface area contributed by atoms with Crippen LogP contribution in [0.1, 0.15) is 30.4 Å². The zero-order valence-electron chi connectivity index (χ0n) is 13.6. The fourth-order valence-corrected chi connectivity index (χ4v) is 4.28. The van der Waals surface area contributed by atoms with Crippen LogP contribution >= 0.6 is 0 Å². The minimum Gasteiger partial charge on any atom is -0.463 e. The molecule has 1 aromatic heterocycles. The second-order valence-corrected chi connectivity index (χ2v) is 6.64. The smallest absolute Gasteiger partial charge is 0.330 e. The summed E-state index contributed by atoms with van der Waals surface area (Å²) in [5.74, 6) is 0.229. The molecule has 4 rings (SSSR count). The third-order valence-electron chi connectivity index (χ3n) is 5.22. The molecule has 0 unspecified atom stereocenters. The molecule has 1 N–H and O–H groups in total. The fourth-order valence-electron chi connectivity index (χ4n) is 4.28. The van der Waals surface area contributed by atoms with Crippen molar-refractivity contribution in [1.29, 1.82) is 0 Å². The molecule has 4 heteroatoms. The molecule has 0 spiro atoms. The monoisotopic (exact) mass is 310 g/mol. The SMILES string of the molecule is CCOC(=O)C=C1C[C@@H]2c3cccc4[nH]cc(c34)C[C@H]2N(C)C1. The molecule has 2 atom stereocenters. The minimum atomic E-state index is -0.217. The van der Waals surface area contributed by atoms with E-state index in [-0.39, 0.29) is 5.97 Å². The summed E-state index contributed by atoms with van der Waals surface area (Å²) in [6, 6.07) is 7.02. The Hall–Kier alpha value is -2.07. The molecule has 0 bridgehead atoms. The number of carbonyl (C=O) groups excluding carboxylic acids is 1. The summed E-state index contributed by atoms with van der Waals surface area (Å²) in [7, 11) is 2.16. The number of hydrogen-bond donors (Lipinski definition) is 1. The van der Waals surface area contributed by atoms with E-state index in [1.807, 2.05) is 6.92 Å². The lowest BCUT2D eigenvalue weighted by molar-refractivity contribution is -0.137. The van der Waals surface area contributed by atoms with Crippen LogP contribution in [0.3, 0.4) is 0 Å². The molecule has 2 heterocycles. The van der Waals surface area contributed by atoms with Gasteiger partial charge in [0.05, 0.1) is 6.61 Å². The summed E-state index contributed by atoms with van der Waals surface area (Å²) in [6.07, 6.45) is 5.87. The van der Waals surface area contributed by atoms with E-state index in [2.05, 4.69) is 41.3 Å². The molecule has 1 saturated heterocycles. The predicted molar refractivity (Wildman–Crippen MR) is 90.5 cm³/mol. The van der Waals surface area contributed by atoms with Gasteiger partial charge in [0.25, 0.3) is 0 Å². The highest BCUT2D eigenvalue weighted by molar-refractivity contribution is 5.88. The first-order chi connectivity index (χ1) is 11.2. The van der Waals surface area contributed by atoms with Crippen molar-refractivity contribution in [2.24, 2.45) is 0 Å². The number of likely N-dealkylation sites (N-methyl/N-ethyl adjacent to an activating group) is 1. The standard InChI is InChI=1S/C19H22N2O2/c1-3-23-18(22)8-12-7-15-14-5-4-6-16-19(14)13(10-20-16)9-17(15)21(2)11-12/h4-6,8,10,15,17,20H,3,7,9,11H2,1-2H3/t15-,17-/m1/s1. The lowest BCUT2D eigenvalue weighted by atomic mass is 9.74. The summed E-state index contributed by atoms with van der Waals surface area (Å²) >= 11 is 0. The molecule has 2 aromatic rings. The number of H-pyrrole nitrogens is 1. The average molecular weight is 310 g/mol. The second kappa shape index (κ2) is 5.53. The molecular weight excluding hydrogens is 288 g/mol. The zero-order chi connectivity index (χ0) is 16.0. The number of likely N-dealkylation sites (tertiary alicyclic amines) is 1. The van der Waals surface area contributed by atoms with E-state index in [1.165, 1.54) is 27.6 Å². The fraction of sp³-hybridized carbons (Fsp3) is 0.421. The van der Waals surface area contributed by atoms with Gasteiger partial charge in [0.15, 0.2) is 0 Å². The lowest BCUT2D eigenvalue weighted by Crippen LogP contribution is -2.45. The van der Waals surface area contributed by atoms with Crippen LogP contribution in [0, 0.1) is 0 Å². The van der Waals surface area contributed by atoms with E-state index in [9.17, 15) is 4.79 Å². The van der Waals surface area contributed by atoms with Crippen LogP contribution in [-0.2, 0) is 16.0 Å². The largest absolute Gasteiger partial charge is 0.463 e. The first kappa shape index (κ1) is 14.5. The first-order valence-electron chi connectivity index (χ1n) is 8.32. The Bertz CT molecular complexity index is 790. The number of fused-ring (bicyclic) bond motifs is 2. The molecular formula is C19H22N2O2. The van der Waals surface area contributed by atoms with Crippen molar-refractivity contribution in [3.8, 4) is 0 Å². The van der Waals surface area contributed by atoms with Crippen molar-refractivity contribution in [2.45, 2.75) is 31.7 Å². The minimum absolute atomic E-state index is 0.217. The number of ether oxygens (including phenoxy) is 1. The number of carbonyl (C=O) groups is 1. The Morgan fingerprint density at radius 2 is 2.30 bits per heavy atom. The first-order valence-corrected chi connectivity index (χ1v) is 8.32. The Labute approximate surface area is 136 Å². The number of esters is 1. The molecule has 0 radical (unpaired) electrons. The number of nitrogens with zero attached hydrogens (tertiary/aromatic N) is 1. The molecule has 120 valence electrons. The lowest BCUT2D eigenvalue weighted by Gasteiger charge is -2.43. The van der Waals surface area contributed by atoms with Crippen LogP contribution in [0.2, 0.25) is 0 Å². The number of piperidine rings is 1. The predicted octanol–water partition coefficient (Wildman–Crippen LogP) is 3.00. The van der Waals surface area contributed by atoms with Crippen LogP contribution in [-0.4, -0.2) is 42.1 Å². The van der Waals surface area contributed by atoms with Gasteiger partial charge >= 0.3 is 5.97 Å². The van der Waals surface area contributed by atoms with E-state index in [4.69, 9.17) is 4.74 Å². The maximum atomic E-state index is 11.8. The summed E-state index contributed by atoms with van der Waals surface area (Å²) in [4.78, 5) is 17.6. The molecule has 4 nitrogen and oxygen atoms in total. The van der Waals surface area contributed by atoms with Gasteiger partial charge in [-0.3, -0.25) is 4.90 Å². The van der Waals surface area contributed by atoms with Gasteiger partial charge < -0.3 is 9.72 Å². The third kappa shape index (κ3) is 2.38. The molecule has 0 amide bonds. The number of benzene rings is 1. The summed E-state index contributed by atoms with van der Waals surface area (Å²) < 4.78 is 5.08. The molecule has 1 aromatic carbocycles.